The first-order valence-corrected chi connectivity index (χ1v) is 10.8. The van der Waals surface area contributed by atoms with Crippen molar-refractivity contribution < 1.29 is 18.8 Å². The summed E-state index contributed by atoms with van der Waals surface area (Å²) in [5, 5.41) is 2.68. The third-order valence-corrected chi connectivity index (χ3v) is 6.00. The molecule has 4 rings (SSSR count). The van der Waals surface area contributed by atoms with Crippen LogP contribution in [0.3, 0.4) is 0 Å². The molecule has 3 amide bonds. The zero-order chi connectivity index (χ0) is 21.8. The van der Waals surface area contributed by atoms with Crippen LogP contribution < -0.4 is 5.32 Å². The van der Waals surface area contributed by atoms with Crippen molar-refractivity contribution in [1.29, 1.82) is 0 Å². The molecule has 1 aliphatic heterocycles. The van der Waals surface area contributed by atoms with E-state index in [9.17, 15) is 18.8 Å². The van der Waals surface area contributed by atoms with E-state index in [4.69, 9.17) is 0 Å². The Balaban J connectivity index is 1.26. The van der Waals surface area contributed by atoms with Gasteiger partial charge in [-0.05, 0) is 60.7 Å². The van der Waals surface area contributed by atoms with Gasteiger partial charge in [-0.1, -0.05) is 24.3 Å². The van der Waals surface area contributed by atoms with Gasteiger partial charge in [-0.2, -0.15) is 0 Å². The van der Waals surface area contributed by atoms with Gasteiger partial charge in [0.2, 0.25) is 0 Å². The average molecular weight is 434 g/mol. The molecule has 0 saturated carbocycles. The van der Waals surface area contributed by atoms with Gasteiger partial charge < -0.3 is 5.32 Å². The summed E-state index contributed by atoms with van der Waals surface area (Å²) in [5.41, 5.74) is 1.50. The van der Waals surface area contributed by atoms with Crippen LogP contribution in [0, 0.1) is 5.82 Å². The number of amides is 3. The van der Waals surface area contributed by atoms with Gasteiger partial charge in [0.05, 0.1) is 16.7 Å². The van der Waals surface area contributed by atoms with Crippen molar-refractivity contribution in [1.82, 2.24) is 4.90 Å². The van der Waals surface area contributed by atoms with Gasteiger partial charge in [-0.3, -0.25) is 19.3 Å². The molecule has 0 unspecified atom stereocenters. The Morgan fingerprint density at radius 2 is 1.48 bits per heavy atom. The number of hydrogen-bond acceptors (Lipinski definition) is 4. The molecule has 0 aliphatic carbocycles. The molecule has 0 radical (unpaired) electrons. The van der Waals surface area contributed by atoms with Crippen molar-refractivity contribution in [3.8, 4) is 0 Å². The predicted octanol–water partition coefficient (Wildman–Crippen LogP) is 4.86. The first-order valence-electron chi connectivity index (χ1n) is 9.78. The lowest BCUT2D eigenvalue weighted by molar-refractivity contribution is 0.0654. The maximum atomic E-state index is 13.7. The molecule has 3 aromatic rings. The van der Waals surface area contributed by atoms with Crippen LogP contribution in [0.2, 0.25) is 0 Å². The highest BCUT2D eigenvalue weighted by molar-refractivity contribution is 7.99. The topological polar surface area (TPSA) is 66.5 Å². The number of thioether (sulfide) groups is 1. The lowest BCUT2D eigenvalue weighted by Gasteiger charge is -2.13. The van der Waals surface area contributed by atoms with Gasteiger partial charge in [-0.25, -0.2) is 4.39 Å². The molecule has 0 saturated heterocycles. The fourth-order valence-electron chi connectivity index (χ4n) is 3.33. The maximum absolute atomic E-state index is 13.7. The van der Waals surface area contributed by atoms with Crippen molar-refractivity contribution in [2.45, 2.75) is 11.3 Å². The number of hydrogen-bond donors (Lipinski definition) is 1. The number of carbonyl (C=O) groups excluding carboxylic acids is 3. The first-order chi connectivity index (χ1) is 15.0. The van der Waals surface area contributed by atoms with Crippen molar-refractivity contribution in [3.05, 3.63) is 95.3 Å². The van der Waals surface area contributed by atoms with Crippen LogP contribution in [0.15, 0.2) is 77.7 Å². The third-order valence-electron chi connectivity index (χ3n) is 4.90. The zero-order valence-corrected chi connectivity index (χ0v) is 17.3. The first kappa shape index (κ1) is 20.8. The van der Waals surface area contributed by atoms with Crippen LogP contribution in [0.4, 0.5) is 10.1 Å². The zero-order valence-electron chi connectivity index (χ0n) is 16.5. The molecule has 1 heterocycles. The lowest BCUT2D eigenvalue weighted by Crippen LogP contribution is -2.30. The van der Waals surface area contributed by atoms with Crippen molar-refractivity contribution in [2.24, 2.45) is 0 Å². The summed E-state index contributed by atoms with van der Waals surface area (Å²) in [5.74, 6) is -0.806. The SMILES string of the molecule is O=C(Nc1ccc(SCCCN2C(=O)c3ccccc3C2=O)cc1)c1ccccc1F. The van der Waals surface area contributed by atoms with Gasteiger partial charge >= 0.3 is 0 Å². The van der Waals surface area contributed by atoms with Gasteiger partial charge in [-0.15, -0.1) is 11.8 Å². The minimum Gasteiger partial charge on any atom is -0.322 e. The standard InChI is InChI=1S/C24H19FN2O3S/c25-21-9-4-3-8-20(21)22(28)26-16-10-12-17(13-11-16)31-15-5-14-27-23(29)18-6-1-2-7-19(18)24(27)30/h1-4,6-13H,5,14-15H2,(H,26,28). The molecule has 0 bridgehead atoms. The van der Waals surface area contributed by atoms with E-state index >= 15 is 0 Å². The van der Waals surface area contributed by atoms with E-state index < -0.39 is 11.7 Å². The van der Waals surface area contributed by atoms with Gasteiger partial charge in [0.1, 0.15) is 5.82 Å². The largest absolute Gasteiger partial charge is 0.322 e. The van der Waals surface area contributed by atoms with Gasteiger partial charge in [0.15, 0.2) is 0 Å². The van der Waals surface area contributed by atoms with Crippen molar-refractivity contribution >= 4 is 35.2 Å². The lowest BCUT2D eigenvalue weighted by atomic mass is 10.1. The Morgan fingerprint density at radius 3 is 2.13 bits per heavy atom. The molecule has 31 heavy (non-hydrogen) atoms. The molecule has 0 fully saturated rings. The van der Waals surface area contributed by atoms with E-state index in [1.807, 2.05) is 12.1 Å². The highest BCUT2D eigenvalue weighted by atomic mass is 32.2. The van der Waals surface area contributed by atoms with Gasteiger partial charge in [0.25, 0.3) is 17.7 Å². The number of nitrogens with zero attached hydrogens (tertiary/aromatic N) is 1. The molecule has 156 valence electrons. The number of halogens is 1. The van der Waals surface area contributed by atoms with Crippen LogP contribution >= 0.6 is 11.8 Å². The molecule has 1 N–H and O–H groups in total. The second-order valence-corrected chi connectivity index (χ2v) is 8.14. The number of imide groups is 1. The number of anilines is 1. The number of benzene rings is 3. The van der Waals surface area contributed by atoms with E-state index in [0.29, 0.717) is 29.8 Å². The molecule has 0 spiro atoms. The highest BCUT2D eigenvalue weighted by Gasteiger charge is 2.34. The Hall–Kier alpha value is -3.45. The molecule has 0 aromatic heterocycles. The summed E-state index contributed by atoms with van der Waals surface area (Å²) < 4.78 is 13.7. The maximum Gasteiger partial charge on any atom is 0.261 e. The van der Waals surface area contributed by atoms with Crippen LogP contribution in [-0.4, -0.2) is 34.9 Å². The second-order valence-electron chi connectivity index (χ2n) is 6.97. The van der Waals surface area contributed by atoms with Crippen LogP contribution in [0.1, 0.15) is 37.5 Å². The number of rotatable bonds is 7. The number of nitrogens with one attached hydrogen (secondary N) is 1. The summed E-state index contributed by atoms with van der Waals surface area (Å²) in [6, 6.07) is 19.9. The van der Waals surface area contributed by atoms with E-state index in [1.54, 1.807) is 54.2 Å². The Labute approximate surface area is 183 Å². The quantitative estimate of drug-likeness (QED) is 0.328. The molecule has 7 heteroatoms. The summed E-state index contributed by atoms with van der Waals surface area (Å²) in [6.07, 6.45) is 0.669. The Morgan fingerprint density at radius 1 is 0.871 bits per heavy atom. The summed E-state index contributed by atoms with van der Waals surface area (Å²) >= 11 is 1.59. The van der Waals surface area contributed by atoms with Gasteiger partial charge in [0, 0.05) is 17.1 Å². The molecule has 5 nitrogen and oxygen atoms in total. The average Bonchev–Trinajstić information content (AvgIpc) is 3.03. The van der Waals surface area contributed by atoms with Crippen molar-refractivity contribution in [2.75, 3.05) is 17.6 Å². The van der Waals surface area contributed by atoms with Crippen LogP contribution in [-0.2, 0) is 0 Å². The van der Waals surface area contributed by atoms with E-state index in [1.165, 1.54) is 23.1 Å². The smallest absolute Gasteiger partial charge is 0.261 e. The monoisotopic (exact) mass is 434 g/mol. The minimum absolute atomic E-state index is 0.00545. The minimum atomic E-state index is -0.565. The summed E-state index contributed by atoms with van der Waals surface area (Å²) in [6.45, 7) is 0.371. The summed E-state index contributed by atoms with van der Waals surface area (Å²) in [7, 11) is 0. The van der Waals surface area contributed by atoms with E-state index in [0.717, 1.165) is 10.6 Å². The number of carbonyl (C=O) groups is 3. The Bertz CT molecular complexity index is 1110. The van der Waals surface area contributed by atoms with Crippen molar-refractivity contribution in [3.63, 3.8) is 0 Å². The molecule has 3 aromatic carbocycles. The highest BCUT2D eigenvalue weighted by Crippen LogP contribution is 2.25. The van der Waals surface area contributed by atoms with E-state index in [2.05, 4.69) is 5.32 Å². The fraction of sp³-hybridized carbons (Fsp3) is 0.125. The second kappa shape index (κ2) is 9.14. The molecular weight excluding hydrogens is 415 g/mol. The molecule has 1 aliphatic rings. The Kier molecular flexibility index (Phi) is 6.13. The normalized spacial score (nSPS) is 12.7. The van der Waals surface area contributed by atoms with E-state index in [-0.39, 0.29) is 17.4 Å². The number of fused-ring (bicyclic) bond motifs is 1. The van der Waals surface area contributed by atoms with Crippen LogP contribution in [0.5, 0.6) is 0 Å². The fourth-order valence-corrected chi connectivity index (χ4v) is 4.17. The third kappa shape index (κ3) is 4.51. The summed E-state index contributed by atoms with van der Waals surface area (Å²) in [4.78, 5) is 39.2. The predicted molar refractivity (Wildman–Crippen MR) is 118 cm³/mol. The molecular formula is C24H19FN2O3S. The van der Waals surface area contributed by atoms with Crippen LogP contribution in [0.25, 0.3) is 0 Å². The molecule has 0 atom stereocenters.